The SMILES string of the molecule is CC(=O)NCCCCCOCCOCCCCCC(C)C. The molecule has 0 aliphatic rings. The maximum absolute atomic E-state index is 10.6. The molecule has 0 aliphatic carbocycles. The zero-order valence-electron chi connectivity index (χ0n) is 14.3. The van der Waals surface area contributed by atoms with Gasteiger partial charge < -0.3 is 14.8 Å². The van der Waals surface area contributed by atoms with Gasteiger partial charge in [-0.3, -0.25) is 4.79 Å². The standard InChI is InChI=1S/C17H35NO3/c1-16(2)10-6-4-8-12-20-14-15-21-13-9-5-7-11-18-17(3)19/h16H,4-15H2,1-3H3,(H,18,19). The first kappa shape index (κ1) is 20.4. The van der Waals surface area contributed by atoms with E-state index in [0.717, 1.165) is 51.4 Å². The zero-order valence-corrected chi connectivity index (χ0v) is 14.3. The van der Waals surface area contributed by atoms with Gasteiger partial charge in [0.05, 0.1) is 13.2 Å². The summed E-state index contributed by atoms with van der Waals surface area (Å²) >= 11 is 0. The van der Waals surface area contributed by atoms with Crippen molar-refractivity contribution >= 4 is 5.91 Å². The van der Waals surface area contributed by atoms with Crippen molar-refractivity contribution in [2.24, 2.45) is 5.92 Å². The van der Waals surface area contributed by atoms with E-state index in [9.17, 15) is 4.79 Å². The van der Waals surface area contributed by atoms with Crippen LogP contribution in [0.1, 0.15) is 65.7 Å². The molecule has 0 saturated heterocycles. The van der Waals surface area contributed by atoms with Crippen LogP contribution in [0, 0.1) is 5.92 Å². The summed E-state index contributed by atoms with van der Waals surface area (Å²) in [6.45, 7) is 9.91. The molecule has 0 heterocycles. The molecule has 0 atom stereocenters. The van der Waals surface area contributed by atoms with Gasteiger partial charge in [0.2, 0.25) is 5.91 Å². The highest BCUT2D eigenvalue weighted by Crippen LogP contribution is 2.07. The molecule has 0 saturated carbocycles. The van der Waals surface area contributed by atoms with Gasteiger partial charge >= 0.3 is 0 Å². The Labute approximate surface area is 131 Å². The second-order valence-corrected chi connectivity index (χ2v) is 6.01. The Bertz CT molecular complexity index is 232. The second-order valence-electron chi connectivity index (χ2n) is 6.01. The van der Waals surface area contributed by atoms with Crippen LogP contribution in [0.15, 0.2) is 0 Å². The molecule has 126 valence electrons. The van der Waals surface area contributed by atoms with E-state index in [2.05, 4.69) is 19.2 Å². The third kappa shape index (κ3) is 19.4. The Balaban J connectivity index is 2.98. The molecule has 1 amide bonds. The number of rotatable bonds is 15. The monoisotopic (exact) mass is 301 g/mol. The van der Waals surface area contributed by atoms with E-state index in [0.29, 0.717) is 13.2 Å². The highest BCUT2D eigenvalue weighted by Gasteiger charge is 1.95. The number of unbranched alkanes of at least 4 members (excludes halogenated alkanes) is 4. The number of carbonyl (C=O) groups is 1. The van der Waals surface area contributed by atoms with Crippen molar-refractivity contribution in [1.29, 1.82) is 0 Å². The van der Waals surface area contributed by atoms with Gasteiger partial charge in [0.1, 0.15) is 0 Å². The van der Waals surface area contributed by atoms with Crippen LogP contribution in [0.4, 0.5) is 0 Å². The normalized spacial score (nSPS) is 11.0. The molecule has 4 nitrogen and oxygen atoms in total. The van der Waals surface area contributed by atoms with Crippen LogP contribution in [0.2, 0.25) is 0 Å². The smallest absolute Gasteiger partial charge is 0.216 e. The predicted molar refractivity (Wildman–Crippen MR) is 87.5 cm³/mol. The van der Waals surface area contributed by atoms with Crippen molar-refractivity contribution in [3.05, 3.63) is 0 Å². The van der Waals surface area contributed by atoms with Crippen molar-refractivity contribution in [3.8, 4) is 0 Å². The Kier molecular flexibility index (Phi) is 15.3. The lowest BCUT2D eigenvalue weighted by atomic mass is 10.1. The van der Waals surface area contributed by atoms with Crippen molar-refractivity contribution in [2.75, 3.05) is 33.0 Å². The number of hydrogen-bond donors (Lipinski definition) is 1. The predicted octanol–water partition coefficient (Wildman–Crippen LogP) is 3.54. The van der Waals surface area contributed by atoms with Gasteiger partial charge in [-0.05, 0) is 31.6 Å². The quantitative estimate of drug-likeness (QED) is 0.471. The van der Waals surface area contributed by atoms with Crippen LogP contribution in [-0.2, 0) is 14.3 Å². The first-order chi connectivity index (χ1) is 10.1. The van der Waals surface area contributed by atoms with Gasteiger partial charge in [-0.1, -0.05) is 33.1 Å². The summed E-state index contributed by atoms with van der Waals surface area (Å²) in [5.74, 6) is 0.866. The molecule has 0 unspecified atom stereocenters. The maximum atomic E-state index is 10.6. The van der Waals surface area contributed by atoms with Crippen LogP contribution in [-0.4, -0.2) is 38.9 Å². The summed E-state index contributed by atoms with van der Waals surface area (Å²) in [5.41, 5.74) is 0. The van der Waals surface area contributed by atoms with Gasteiger partial charge in [0.25, 0.3) is 0 Å². The summed E-state index contributed by atoms with van der Waals surface area (Å²) in [6, 6.07) is 0. The molecule has 0 spiro atoms. The highest BCUT2D eigenvalue weighted by molar-refractivity contribution is 5.72. The Hall–Kier alpha value is -0.610. The van der Waals surface area contributed by atoms with Gasteiger partial charge in [0.15, 0.2) is 0 Å². The summed E-state index contributed by atoms with van der Waals surface area (Å²) < 4.78 is 11.0. The largest absolute Gasteiger partial charge is 0.379 e. The van der Waals surface area contributed by atoms with Crippen LogP contribution in [0.5, 0.6) is 0 Å². The Morgan fingerprint density at radius 2 is 1.43 bits per heavy atom. The van der Waals surface area contributed by atoms with E-state index in [1.54, 1.807) is 6.92 Å². The maximum Gasteiger partial charge on any atom is 0.216 e. The van der Waals surface area contributed by atoms with E-state index < -0.39 is 0 Å². The molecular formula is C17H35NO3. The molecule has 0 aromatic carbocycles. The number of hydrogen-bond acceptors (Lipinski definition) is 3. The van der Waals surface area contributed by atoms with Crippen LogP contribution in [0.3, 0.4) is 0 Å². The Morgan fingerprint density at radius 3 is 1.95 bits per heavy atom. The fourth-order valence-electron chi connectivity index (χ4n) is 2.03. The Morgan fingerprint density at radius 1 is 0.857 bits per heavy atom. The number of amides is 1. The van der Waals surface area contributed by atoms with Crippen molar-refractivity contribution in [1.82, 2.24) is 5.32 Å². The van der Waals surface area contributed by atoms with Gasteiger partial charge in [-0.15, -0.1) is 0 Å². The lowest BCUT2D eigenvalue weighted by molar-refractivity contribution is -0.118. The van der Waals surface area contributed by atoms with Crippen LogP contribution in [0.25, 0.3) is 0 Å². The fraction of sp³-hybridized carbons (Fsp3) is 0.941. The third-order valence-corrected chi connectivity index (χ3v) is 3.28. The number of carbonyl (C=O) groups excluding carboxylic acids is 1. The van der Waals surface area contributed by atoms with Gasteiger partial charge in [-0.2, -0.15) is 0 Å². The van der Waals surface area contributed by atoms with E-state index >= 15 is 0 Å². The van der Waals surface area contributed by atoms with Crippen molar-refractivity contribution in [2.45, 2.75) is 65.7 Å². The molecule has 0 aromatic rings. The topological polar surface area (TPSA) is 47.6 Å². The van der Waals surface area contributed by atoms with Crippen molar-refractivity contribution in [3.63, 3.8) is 0 Å². The number of ether oxygens (including phenoxy) is 2. The minimum Gasteiger partial charge on any atom is -0.379 e. The number of nitrogens with one attached hydrogen (secondary N) is 1. The van der Waals surface area contributed by atoms with E-state index in [-0.39, 0.29) is 5.91 Å². The minimum absolute atomic E-state index is 0.0487. The lowest BCUT2D eigenvalue weighted by Gasteiger charge is -2.07. The van der Waals surface area contributed by atoms with E-state index in [1.807, 2.05) is 0 Å². The van der Waals surface area contributed by atoms with Gasteiger partial charge in [0, 0.05) is 26.7 Å². The molecule has 0 rings (SSSR count). The van der Waals surface area contributed by atoms with E-state index in [4.69, 9.17) is 9.47 Å². The summed E-state index contributed by atoms with van der Waals surface area (Å²) in [6.07, 6.45) is 8.24. The van der Waals surface area contributed by atoms with E-state index in [1.165, 1.54) is 19.3 Å². The summed E-state index contributed by atoms with van der Waals surface area (Å²) in [4.78, 5) is 10.6. The second kappa shape index (κ2) is 15.8. The highest BCUT2D eigenvalue weighted by atomic mass is 16.5. The van der Waals surface area contributed by atoms with Gasteiger partial charge in [-0.25, -0.2) is 0 Å². The molecule has 21 heavy (non-hydrogen) atoms. The molecular weight excluding hydrogens is 266 g/mol. The van der Waals surface area contributed by atoms with Crippen molar-refractivity contribution < 1.29 is 14.3 Å². The molecule has 1 N–H and O–H groups in total. The average Bonchev–Trinajstić information content (AvgIpc) is 2.42. The minimum atomic E-state index is 0.0487. The first-order valence-electron chi connectivity index (χ1n) is 8.53. The lowest BCUT2D eigenvalue weighted by Crippen LogP contribution is -2.20. The molecule has 0 fully saturated rings. The molecule has 0 aliphatic heterocycles. The molecule has 4 heteroatoms. The molecule has 0 aromatic heterocycles. The summed E-state index contributed by atoms with van der Waals surface area (Å²) in [7, 11) is 0. The first-order valence-corrected chi connectivity index (χ1v) is 8.53. The van der Waals surface area contributed by atoms with Crippen LogP contribution >= 0.6 is 0 Å². The molecule has 0 radical (unpaired) electrons. The fourth-order valence-corrected chi connectivity index (χ4v) is 2.03. The van der Waals surface area contributed by atoms with Crippen LogP contribution < -0.4 is 5.32 Å². The molecule has 0 bridgehead atoms. The third-order valence-electron chi connectivity index (χ3n) is 3.28. The summed E-state index contributed by atoms with van der Waals surface area (Å²) in [5, 5.41) is 2.79. The average molecular weight is 301 g/mol. The zero-order chi connectivity index (χ0) is 15.8.